The van der Waals surface area contributed by atoms with Crippen LogP contribution in [0.3, 0.4) is 0 Å². The lowest BCUT2D eigenvalue weighted by Crippen LogP contribution is -2.41. The number of hydrogen-bond acceptors (Lipinski definition) is 6. The topological polar surface area (TPSA) is 85.2 Å². The van der Waals surface area contributed by atoms with E-state index in [1.807, 2.05) is 54.0 Å². The first-order valence-corrected chi connectivity index (χ1v) is 12.5. The molecule has 32 heavy (non-hydrogen) atoms. The third-order valence-corrected chi connectivity index (χ3v) is 7.05. The lowest BCUT2D eigenvalue weighted by molar-refractivity contribution is -0.117. The molecule has 0 radical (unpaired) electrons. The number of nitrogens with one attached hydrogen (secondary N) is 2. The minimum atomic E-state index is -0.472. The number of carbonyl (C=O) groups excluding carboxylic acids is 2. The summed E-state index contributed by atoms with van der Waals surface area (Å²) < 4.78 is 7.94. The third kappa shape index (κ3) is 6.21. The summed E-state index contributed by atoms with van der Waals surface area (Å²) in [4.78, 5) is 30.0. The number of rotatable bonds is 9. The van der Waals surface area contributed by atoms with Crippen molar-refractivity contribution in [3.63, 3.8) is 0 Å². The number of aromatic nitrogens is 2. The monoisotopic (exact) mass is 470 g/mol. The smallest absolute Gasteiger partial charge is 0.321 e. The first-order chi connectivity index (χ1) is 15.7. The van der Waals surface area contributed by atoms with Crippen LogP contribution in [0.2, 0.25) is 0 Å². The summed E-state index contributed by atoms with van der Waals surface area (Å²) in [7, 11) is 0. The van der Waals surface area contributed by atoms with E-state index < -0.39 is 6.03 Å². The van der Waals surface area contributed by atoms with Gasteiger partial charge in [-0.05, 0) is 36.3 Å². The first kappa shape index (κ1) is 22.6. The van der Waals surface area contributed by atoms with Crippen LogP contribution >= 0.6 is 23.1 Å². The number of imide groups is 1. The fourth-order valence-electron chi connectivity index (χ4n) is 3.57. The second-order valence-corrected chi connectivity index (χ2v) is 9.43. The Hall–Kier alpha value is -2.62. The number of hydrogen-bond donors (Lipinski definition) is 2. The molecule has 1 fully saturated rings. The Morgan fingerprint density at radius 1 is 1.22 bits per heavy atom. The number of amides is 3. The number of imidazole rings is 1. The Balaban J connectivity index is 1.33. The van der Waals surface area contributed by atoms with Crippen molar-refractivity contribution in [1.29, 1.82) is 0 Å². The SMILES string of the molecule is O=C(CSc1ncc(-c2ccccc2)n1CC1CCCO1)NC(=O)NCCc1cccs1. The van der Waals surface area contributed by atoms with Crippen LogP contribution in [0.25, 0.3) is 11.3 Å². The van der Waals surface area contributed by atoms with E-state index in [9.17, 15) is 9.59 Å². The maximum absolute atomic E-state index is 12.3. The van der Waals surface area contributed by atoms with Crippen molar-refractivity contribution in [2.75, 3.05) is 18.9 Å². The highest BCUT2D eigenvalue weighted by atomic mass is 32.2. The van der Waals surface area contributed by atoms with E-state index in [0.29, 0.717) is 13.1 Å². The van der Waals surface area contributed by atoms with Crippen LogP contribution in [0.4, 0.5) is 4.79 Å². The van der Waals surface area contributed by atoms with Gasteiger partial charge in [-0.25, -0.2) is 9.78 Å². The molecular weight excluding hydrogens is 444 g/mol. The van der Waals surface area contributed by atoms with Gasteiger partial charge in [0.1, 0.15) is 0 Å². The molecule has 9 heteroatoms. The second kappa shape index (κ2) is 11.3. The molecule has 2 N–H and O–H groups in total. The molecular formula is C23H26N4O3S2. The van der Waals surface area contributed by atoms with Crippen molar-refractivity contribution in [3.8, 4) is 11.3 Å². The van der Waals surface area contributed by atoms with Gasteiger partial charge in [-0.15, -0.1) is 11.3 Å². The van der Waals surface area contributed by atoms with Gasteiger partial charge in [-0.1, -0.05) is 48.2 Å². The van der Waals surface area contributed by atoms with E-state index in [4.69, 9.17) is 4.74 Å². The second-order valence-electron chi connectivity index (χ2n) is 7.46. The number of carbonyl (C=O) groups is 2. The number of thiophene rings is 1. The van der Waals surface area contributed by atoms with E-state index in [-0.39, 0.29) is 17.8 Å². The molecule has 3 aromatic rings. The van der Waals surface area contributed by atoms with E-state index in [2.05, 4.69) is 20.2 Å². The Morgan fingerprint density at radius 2 is 2.09 bits per heavy atom. The summed E-state index contributed by atoms with van der Waals surface area (Å²) >= 11 is 2.97. The quantitative estimate of drug-likeness (QED) is 0.463. The van der Waals surface area contributed by atoms with Gasteiger partial charge in [0.2, 0.25) is 5.91 Å². The summed E-state index contributed by atoms with van der Waals surface area (Å²) in [5, 5.41) is 7.86. The van der Waals surface area contributed by atoms with Gasteiger partial charge in [0.25, 0.3) is 0 Å². The van der Waals surface area contributed by atoms with Gasteiger partial charge in [-0.2, -0.15) is 0 Å². The van der Waals surface area contributed by atoms with Gasteiger partial charge in [-0.3, -0.25) is 10.1 Å². The van der Waals surface area contributed by atoms with Crippen molar-refractivity contribution in [1.82, 2.24) is 20.2 Å². The molecule has 7 nitrogen and oxygen atoms in total. The predicted octanol–water partition coefficient (Wildman–Crippen LogP) is 3.95. The molecule has 0 bridgehead atoms. The van der Waals surface area contributed by atoms with Crippen molar-refractivity contribution in [2.45, 2.75) is 37.1 Å². The lowest BCUT2D eigenvalue weighted by atomic mass is 10.1. The fraction of sp³-hybridized carbons (Fsp3) is 0.348. The van der Waals surface area contributed by atoms with Crippen molar-refractivity contribution in [2.24, 2.45) is 0 Å². The van der Waals surface area contributed by atoms with Gasteiger partial charge in [0.05, 0.1) is 30.3 Å². The zero-order valence-electron chi connectivity index (χ0n) is 17.7. The summed E-state index contributed by atoms with van der Waals surface area (Å²) in [6, 6.07) is 13.6. The number of nitrogens with zero attached hydrogens (tertiary/aromatic N) is 2. The highest BCUT2D eigenvalue weighted by Gasteiger charge is 2.21. The Kier molecular flexibility index (Phi) is 7.97. The van der Waals surface area contributed by atoms with Crippen molar-refractivity contribution < 1.29 is 14.3 Å². The fourth-order valence-corrected chi connectivity index (χ4v) is 5.07. The highest BCUT2D eigenvalue weighted by molar-refractivity contribution is 7.99. The molecule has 1 aliphatic rings. The maximum atomic E-state index is 12.3. The number of ether oxygens (including phenoxy) is 1. The van der Waals surface area contributed by atoms with E-state index in [0.717, 1.165) is 42.3 Å². The van der Waals surface area contributed by atoms with Gasteiger partial charge in [0, 0.05) is 18.0 Å². The van der Waals surface area contributed by atoms with Crippen LogP contribution in [-0.4, -0.2) is 46.5 Å². The maximum Gasteiger partial charge on any atom is 0.321 e. The summed E-state index contributed by atoms with van der Waals surface area (Å²) in [5.41, 5.74) is 2.06. The molecule has 1 unspecified atom stereocenters. The molecule has 168 valence electrons. The zero-order chi connectivity index (χ0) is 22.2. The van der Waals surface area contributed by atoms with Crippen LogP contribution in [0.1, 0.15) is 17.7 Å². The molecule has 2 aromatic heterocycles. The Labute approximate surface area is 195 Å². The van der Waals surface area contributed by atoms with E-state index in [1.165, 1.54) is 16.6 Å². The average Bonchev–Trinajstić information content (AvgIpc) is 3.56. The Morgan fingerprint density at radius 3 is 2.84 bits per heavy atom. The largest absolute Gasteiger partial charge is 0.376 e. The van der Waals surface area contributed by atoms with Gasteiger partial charge < -0.3 is 14.6 Å². The zero-order valence-corrected chi connectivity index (χ0v) is 19.3. The molecule has 0 spiro atoms. The normalized spacial score (nSPS) is 15.6. The minimum Gasteiger partial charge on any atom is -0.376 e. The van der Waals surface area contributed by atoms with E-state index >= 15 is 0 Å². The summed E-state index contributed by atoms with van der Waals surface area (Å²) in [5.74, 6) is -0.244. The van der Waals surface area contributed by atoms with E-state index in [1.54, 1.807) is 11.3 Å². The van der Waals surface area contributed by atoms with Crippen molar-refractivity contribution >= 4 is 35.0 Å². The average molecular weight is 471 g/mol. The molecule has 1 aromatic carbocycles. The molecule has 4 rings (SSSR count). The Bertz CT molecular complexity index is 1020. The van der Waals surface area contributed by atoms with Crippen LogP contribution in [0.5, 0.6) is 0 Å². The standard InChI is InChI=1S/C23H26N4O3S2/c28-21(26-22(29)24-11-10-19-9-5-13-31-19)16-32-23-25-14-20(17-6-2-1-3-7-17)27(23)15-18-8-4-12-30-18/h1-3,5-7,9,13-14,18H,4,8,10-12,15-16H2,(H2,24,26,28,29). The van der Waals surface area contributed by atoms with Gasteiger partial charge in [0.15, 0.2) is 5.16 Å². The lowest BCUT2D eigenvalue weighted by Gasteiger charge is -2.16. The minimum absolute atomic E-state index is 0.106. The van der Waals surface area contributed by atoms with Crippen LogP contribution < -0.4 is 10.6 Å². The first-order valence-electron chi connectivity index (χ1n) is 10.6. The number of thioether (sulfide) groups is 1. The molecule has 3 heterocycles. The van der Waals surface area contributed by atoms with Crippen molar-refractivity contribution in [3.05, 3.63) is 58.9 Å². The molecule has 0 saturated carbocycles. The number of urea groups is 1. The van der Waals surface area contributed by atoms with Crippen LogP contribution in [0.15, 0.2) is 59.2 Å². The molecule has 1 saturated heterocycles. The predicted molar refractivity (Wildman–Crippen MR) is 127 cm³/mol. The van der Waals surface area contributed by atoms with Crippen LogP contribution in [-0.2, 0) is 22.5 Å². The highest BCUT2D eigenvalue weighted by Crippen LogP contribution is 2.28. The summed E-state index contributed by atoms with van der Waals surface area (Å²) in [6.07, 6.45) is 4.81. The molecule has 0 aliphatic carbocycles. The molecule has 1 atom stereocenters. The number of benzene rings is 1. The molecule has 1 aliphatic heterocycles. The third-order valence-electron chi connectivity index (χ3n) is 5.12. The summed E-state index contributed by atoms with van der Waals surface area (Å²) in [6.45, 7) is 1.96. The van der Waals surface area contributed by atoms with Gasteiger partial charge >= 0.3 is 6.03 Å². The molecule has 3 amide bonds. The van der Waals surface area contributed by atoms with Crippen LogP contribution in [0, 0.1) is 0 Å².